The van der Waals surface area contributed by atoms with Gasteiger partial charge >= 0.3 is 0 Å². The summed E-state index contributed by atoms with van der Waals surface area (Å²) in [6, 6.07) is 41.4. The van der Waals surface area contributed by atoms with Gasteiger partial charge in [0.25, 0.3) is 0 Å². The van der Waals surface area contributed by atoms with Crippen molar-refractivity contribution in [2.24, 2.45) is 5.92 Å². The number of likely N-dealkylation sites (tertiary alicyclic amines) is 1. The van der Waals surface area contributed by atoms with E-state index in [9.17, 15) is 4.79 Å². The molecule has 1 amide bonds. The fourth-order valence-corrected chi connectivity index (χ4v) is 6.01. The van der Waals surface area contributed by atoms with Gasteiger partial charge in [-0.05, 0) is 59.9 Å². The topological polar surface area (TPSA) is 23.6 Å². The van der Waals surface area contributed by atoms with Crippen molar-refractivity contribution in [2.75, 3.05) is 13.1 Å². The van der Waals surface area contributed by atoms with E-state index in [2.05, 4.69) is 132 Å². The van der Waals surface area contributed by atoms with Crippen molar-refractivity contribution in [2.45, 2.75) is 58.2 Å². The molecule has 3 heteroatoms. The predicted molar refractivity (Wildman–Crippen MR) is 166 cm³/mol. The zero-order valence-electron chi connectivity index (χ0n) is 23.8. The van der Waals surface area contributed by atoms with E-state index in [4.69, 9.17) is 0 Å². The Kier molecular flexibility index (Phi) is 9.82. The van der Waals surface area contributed by atoms with Gasteiger partial charge in [0.2, 0.25) is 5.91 Å². The van der Waals surface area contributed by atoms with E-state index in [-0.39, 0.29) is 12.0 Å². The molecule has 1 heterocycles. The van der Waals surface area contributed by atoms with E-state index < -0.39 is 0 Å². The number of carbonyl (C=O) groups excluding carboxylic acids is 1. The quantitative estimate of drug-likeness (QED) is 0.185. The van der Waals surface area contributed by atoms with Crippen LogP contribution in [0.1, 0.15) is 49.3 Å². The lowest BCUT2D eigenvalue weighted by molar-refractivity contribution is -0.135. The average molecular weight is 531 g/mol. The maximum Gasteiger partial charge on any atom is 0.225 e. The molecule has 3 nitrogen and oxygen atoms in total. The number of hydrogen-bond acceptors (Lipinski definition) is 2. The van der Waals surface area contributed by atoms with Crippen LogP contribution in [0.3, 0.4) is 0 Å². The second-order valence-corrected chi connectivity index (χ2v) is 11.2. The molecule has 206 valence electrons. The molecule has 1 fully saturated rings. The molecule has 0 saturated carbocycles. The first-order valence-corrected chi connectivity index (χ1v) is 14.9. The Morgan fingerprint density at radius 1 is 0.675 bits per heavy atom. The Labute approximate surface area is 240 Å². The highest BCUT2D eigenvalue weighted by atomic mass is 16.2. The van der Waals surface area contributed by atoms with E-state index in [1.54, 1.807) is 0 Å². The monoisotopic (exact) mass is 530 g/mol. The van der Waals surface area contributed by atoms with Crippen molar-refractivity contribution < 1.29 is 4.79 Å². The molecule has 4 aromatic carbocycles. The van der Waals surface area contributed by atoms with E-state index >= 15 is 0 Å². The SMILES string of the molecule is CCC(C[C@@H](Cc1ccc(-c2ccccc2)cc1)N(Cc1ccccc1)Cc1ccccc1)C(=O)N1CCCC1. The van der Waals surface area contributed by atoms with Gasteiger partial charge in [0.1, 0.15) is 0 Å². The fraction of sp³-hybridized carbons (Fsp3) is 0.324. The van der Waals surface area contributed by atoms with Crippen LogP contribution >= 0.6 is 0 Å². The van der Waals surface area contributed by atoms with Crippen molar-refractivity contribution in [1.29, 1.82) is 0 Å². The third-order valence-electron chi connectivity index (χ3n) is 8.32. The Hall–Kier alpha value is -3.69. The molecule has 1 aliphatic heterocycles. The van der Waals surface area contributed by atoms with Gasteiger partial charge in [-0.2, -0.15) is 0 Å². The van der Waals surface area contributed by atoms with Crippen molar-refractivity contribution >= 4 is 5.91 Å². The van der Waals surface area contributed by atoms with E-state index in [0.717, 1.165) is 58.3 Å². The minimum Gasteiger partial charge on any atom is -0.342 e. The zero-order valence-corrected chi connectivity index (χ0v) is 23.8. The first kappa shape index (κ1) is 27.9. The molecule has 0 N–H and O–H groups in total. The van der Waals surface area contributed by atoms with Gasteiger partial charge in [-0.1, -0.05) is 122 Å². The summed E-state index contributed by atoms with van der Waals surface area (Å²) < 4.78 is 0. The van der Waals surface area contributed by atoms with Gasteiger partial charge in [-0.3, -0.25) is 9.69 Å². The molecule has 0 spiro atoms. The number of benzene rings is 4. The highest BCUT2D eigenvalue weighted by Crippen LogP contribution is 2.27. The molecule has 1 unspecified atom stereocenters. The smallest absolute Gasteiger partial charge is 0.225 e. The number of nitrogens with zero attached hydrogens (tertiary/aromatic N) is 2. The number of carbonyl (C=O) groups is 1. The molecular formula is C37H42N2O. The first-order chi connectivity index (χ1) is 19.7. The fourth-order valence-electron chi connectivity index (χ4n) is 6.01. The second-order valence-electron chi connectivity index (χ2n) is 11.2. The Morgan fingerprint density at radius 3 is 1.70 bits per heavy atom. The molecule has 0 aliphatic carbocycles. The van der Waals surface area contributed by atoms with Crippen LogP contribution in [0, 0.1) is 5.92 Å². The molecule has 1 aliphatic rings. The lowest BCUT2D eigenvalue weighted by Gasteiger charge is -2.35. The standard InChI is InChI=1S/C37H42N2O/c1-2-33(37(40)38-24-12-13-25-38)27-36(26-30-20-22-35(23-21-30)34-18-10-5-11-19-34)39(28-31-14-6-3-7-15-31)29-32-16-8-4-9-17-32/h3-11,14-23,33,36H,2,12-13,24-29H2,1H3/t33?,36-/m1/s1. The predicted octanol–water partition coefficient (Wildman–Crippen LogP) is 8.01. The molecule has 40 heavy (non-hydrogen) atoms. The summed E-state index contributed by atoms with van der Waals surface area (Å²) in [6.07, 6.45) is 4.93. The summed E-state index contributed by atoms with van der Waals surface area (Å²) in [4.78, 5) is 18.3. The summed E-state index contributed by atoms with van der Waals surface area (Å²) in [7, 11) is 0. The third kappa shape index (κ3) is 7.49. The average Bonchev–Trinajstić information content (AvgIpc) is 3.56. The molecule has 4 aromatic rings. The lowest BCUT2D eigenvalue weighted by atomic mass is 9.90. The van der Waals surface area contributed by atoms with E-state index in [1.165, 1.54) is 27.8 Å². The first-order valence-electron chi connectivity index (χ1n) is 14.9. The van der Waals surface area contributed by atoms with Crippen LogP contribution in [0.15, 0.2) is 115 Å². The van der Waals surface area contributed by atoms with Crippen LogP contribution in [0.4, 0.5) is 0 Å². The summed E-state index contributed by atoms with van der Waals surface area (Å²) in [5, 5.41) is 0. The highest BCUT2D eigenvalue weighted by molar-refractivity contribution is 5.79. The summed E-state index contributed by atoms with van der Waals surface area (Å²) in [6.45, 7) is 5.73. The number of rotatable bonds is 12. The van der Waals surface area contributed by atoms with Gasteiger partial charge in [0, 0.05) is 38.1 Å². The minimum atomic E-state index is 0.0424. The van der Waals surface area contributed by atoms with E-state index in [0.29, 0.717) is 5.91 Å². The minimum absolute atomic E-state index is 0.0424. The lowest BCUT2D eigenvalue weighted by Crippen LogP contribution is -2.41. The molecule has 1 saturated heterocycles. The number of hydrogen-bond donors (Lipinski definition) is 0. The van der Waals surface area contributed by atoms with Gasteiger partial charge in [-0.25, -0.2) is 0 Å². The summed E-state index contributed by atoms with van der Waals surface area (Å²) in [5.74, 6) is 0.393. The molecule has 0 bridgehead atoms. The van der Waals surface area contributed by atoms with Gasteiger partial charge < -0.3 is 4.90 Å². The highest BCUT2D eigenvalue weighted by Gasteiger charge is 2.30. The Balaban J connectivity index is 1.44. The van der Waals surface area contributed by atoms with Crippen LogP contribution < -0.4 is 0 Å². The largest absolute Gasteiger partial charge is 0.342 e. The van der Waals surface area contributed by atoms with Crippen molar-refractivity contribution in [3.8, 4) is 11.1 Å². The Bertz CT molecular complexity index is 1260. The summed E-state index contributed by atoms with van der Waals surface area (Å²) >= 11 is 0. The van der Waals surface area contributed by atoms with Crippen LogP contribution in [-0.4, -0.2) is 34.8 Å². The van der Waals surface area contributed by atoms with Crippen molar-refractivity contribution in [3.05, 3.63) is 132 Å². The maximum absolute atomic E-state index is 13.6. The molecule has 0 radical (unpaired) electrons. The van der Waals surface area contributed by atoms with Gasteiger partial charge in [0.05, 0.1) is 0 Å². The van der Waals surface area contributed by atoms with Gasteiger partial charge in [0.15, 0.2) is 0 Å². The third-order valence-corrected chi connectivity index (χ3v) is 8.32. The van der Waals surface area contributed by atoms with Gasteiger partial charge in [-0.15, -0.1) is 0 Å². The van der Waals surface area contributed by atoms with Crippen molar-refractivity contribution in [3.63, 3.8) is 0 Å². The number of amides is 1. The molecule has 2 atom stereocenters. The summed E-state index contributed by atoms with van der Waals surface area (Å²) in [5.41, 5.74) is 6.41. The van der Waals surface area contributed by atoms with E-state index in [1.807, 2.05) is 0 Å². The molecular weight excluding hydrogens is 488 g/mol. The molecule has 5 rings (SSSR count). The Morgan fingerprint density at radius 2 is 1.18 bits per heavy atom. The maximum atomic E-state index is 13.6. The normalized spacial score (nSPS) is 14.8. The van der Waals surface area contributed by atoms with Crippen LogP contribution in [0.25, 0.3) is 11.1 Å². The second kappa shape index (κ2) is 14.1. The molecule has 0 aromatic heterocycles. The van der Waals surface area contributed by atoms with Crippen molar-refractivity contribution in [1.82, 2.24) is 9.80 Å². The van der Waals surface area contributed by atoms with Crippen LogP contribution in [0.5, 0.6) is 0 Å². The zero-order chi connectivity index (χ0) is 27.6. The van der Waals surface area contributed by atoms with Crippen LogP contribution in [0.2, 0.25) is 0 Å². The van der Waals surface area contributed by atoms with Crippen LogP contribution in [-0.2, 0) is 24.3 Å².